The van der Waals surface area contributed by atoms with Crippen LogP contribution < -0.4 is 0 Å². The van der Waals surface area contributed by atoms with Crippen molar-refractivity contribution in [3.63, 3.8) is 0 Å². The molecule has 2 aromatic heterocycles. The molecule has 6 heteroatoms. The summed E-state index contributed by atoms with van der Waals surface area (Å²) in [4.78, 5) is 14.6. The molecule has 1 N–H and O–H groups in total. The second kappa shape index (κ2) is 3.51. The molecule has 0 radical (unpaired) electrons. The monoisotopic (exact) mass is 225 g/mol. The SMILES string of the molecule is Cc1cnc2c(Cl)c(CC(=O)O)nn2c1. The summed E-state index contributed by atoms with van der Waals surface area (Å²) in [6.45, 7) is 1.87. The normalized spacial score (nSPS) is 10.8. The summed E-state index contributed by atoms with van der Waals surface area (Å²) in [6.07, 6.45) is 3.22. The van der Waals surface area contributed by atoms with Crippen molar-refractivity contribution in [3.8, 4) is 0 Å². The van der Waals surface area contributed by atoms with E-state index in [0.717, 1.165) is 5.56 Å². The van der Waals surface area contributed by atoms with E-state index < -0.39 is 5.97 Å². The van der Waals surface area contributed by atoms with Crippen LogP contribution in [0.3, 0.4) is 0 Å². The smallest absolute Gasteiger partial charge is 0.309 e. The second-order valence-electron chi connectivity index (χ2n) is 3.23. The van der Waals surface area contributed by atoms with Gasteiger partial charge in [0, 0.05) is 12.4 Å². The second-order valence-corrected chi connectivity index (χ2v) is 3.61. The highest BCUT2D eigenvalue weighted by molar-refractivity contribution is 6.34. The minimum atomic E-state index is -0.961. The average Bonchev–Trinajstić information content (AvgIpc) is 2.42. The number of carboxylic acids is 1. The van der Waals surface area contributed by atoms with Crippen molar-refractivity contribution >= 4 is 23.2 Å². The predicted octanol–water partition coefficient (Wildman–Crippen LogP) is 1.32. The molecule has 5 nitrogen and oxygen atoms in total. The van der Waals surface area contributed by atoms with Gasteiger partial charge in [0.1, 0.15) is 5.02 Å². The zero-order chi connectivity index (χ0) is 11.0. The summed E-state index contributed by atoms with van der Waals surface area (Å²) in [6, 6.07) is 0. The predicted molar refractivity (Wildman–Crippen MR) is 54.1 cm³/mol. The Kier molecular flexibility index (Phi) is 2.32. The van der Waals surface area contributed by atoms with Crippen molar-refractivity contribution in [3.05, 3.63) is 28.7 Å². The molecule has 0 fully saturated rings. The Balaban J connectivity index is 2.58. The first-order valence-corrected chi connectivity index (χ1v) is 4.67. The third-order valence-electron chi connectivity index (χ3n) is 1.93. The van der Waals surface area contributed by atoms with Crippen molar-refractivity contribution in [2.75, 3.05) is 0 Å². The number of nitrogens with zero attached hydrogens (tertiary/aromatic N) is 3. The molecule has 0 aliphatic heterocycles. The van der Waals surface area contributed by atoms with Crippen LogP contribution >= 0.6 is 11.6 Å². The minimum absolute atomic E-state index is 0.193. The Labute approximate surface area is 90.3 Å². The number of carbonyl (C=O) groups is 1. The largest absolute Gasteiger partial charge is 0.481 e. The molecule has 2 aromatic rings. The fourth-order valence-corrected chi connectivity index (χ4v) is 1.54. The lowest BCUT2D eigenvalue weighted by molar-refractivity contribution is -0.136. The van der Waals surface area contributed by atoms with Gasteiger partial charge in [-0.05, 0) is 12.5 Å². The van der Waals surface area contributed by atoms with Crippen molar-refractivity contribution in [1.82, 2.24) is 14.6 Å². The van der Waals surface area contributed by atoms with Gasteiger partial charge in [-0.1, -0.05) is 11.6 Å². The molecule has 0 aromatic carbocycles. The lowest BCUT2D eigenvalue weighted by Crippen LogP contribution is -2.01. The zero-order valence-electron chi connectivity index (χ0n) is 7.94. The molecule has 2 rings (SSSR count). The molecule has 0 saturated heterocycles. The molecule has 0 aliphatic carbocycles. The first-order chi connectivity index (χ1) is 7.08. The van der Waals surface area contributed by atoms with Crippen LogP contribution in [-0.4, -0.2) is 25.7 Å². The number of hydrogen-bond acceptors (Lipinski definition) is 3. The summed E-state index contributed by atoms with van der Waals surface area (Å²) >= 11 is 5.94. The first kappa shape index (κ1) is 9.92. The number of carboxylic acid groups (broad SMARTS) is 1. The quantitative estimate of drug-likeness (QED) is 0.837. The lowest BCUT2D eigenvalue weighted by atomic mass is 10.3. The van der Waals surface area contributed by atoms with Crippen LogP contribution in [0.4, 0.5) is 0 Å². The molecule has 0 bridgehead atoms. The first-order valence-electron chi connectivity index (χ1n) is 4.29. The molecule has 0 amide bonds. The van der Waals surface area contributed by atoms with E-state index in [9.17, 15) is 4.79 Å². The van der Waals surface area contributed by atoms with Crippen molar-refractivity contribution in [1.29, 1.82) is 0 Å². The standard InChI is InChI=1S/C9H8ClN3O2/c1-5-3-11-9-8(10)6(2-7(14)15)12-13(9)4-5/h3-4H,2H2,1H3,(H,14,15). The van der Waals surface area contributed by atoms with Gasteiger partial charge < -0.3 is 5.11 Å². The molecule has 0 saturated carbocycles. The van der Waals surface area contributed by atoms with E-state index in [1.165, 1.54) is 4.52 Å². The van der Waals surface area contributed by atoms with Gasteiger partial charge in [0.15, 0.2) is 5.65 Å². The molecular weight excluding hydrogens is 218 g/mol. The van der Waals surface area contributed by atoms with E-state index in [0.29, 0.717) is 16.4 Å². The van der Waals surface area contributed by atoms with Crippen LogP contribution in [0.1, 0.15) is 11.3 Å². The van der Waals surface area contributed by atoms with Gasteiger partial charge in [0.2, 0.25) is 0 Å². The van der Waals surface area contributed by atoms with Gasteiger partial charge >= 0.3 is 5.97 Å². The Morgan fingerprint density at radius 2 is 2.40 bits per heavy atom. The molecule has 0 spiro atoms. The van der Waals surface area contributed by atoms with E-state index in [1.54, 1.807) is 12.4 Å². The van der Waals surface area contributed by atoms with Crippen LogP contribution in [0.2, 0.25) is 5.02 Å². The van der Waals surface area contributed by atoms with Crippen LogP contribution in [0, 0.1) is 6.92 Å². The number of hydrogen-bond donors (Lipinski definition) is 1. The molecule has 0 unspecified atom stereocenters. The Hall–Kier alpha value is -1.62. The topological polar surface area (TPSA) is 67.5 Å². The summed E-state index contributed by atoms with van der Waals surface area (Å²) in [5.74, 6) is -0.961. The van der Waals surface area contributed by atoms with Crippen LogP contribution in [0.5, 0.6) is 0 Å². The highest BCUT2D eigenvalue weighted by Gasteiger charge is 2.14. The van der Waals surface area contributed by atoms with E-state index in [4.69, 9.17) is 16.7 Å². The van der Waals surface area contributed by atoms with E-state index >= 15 is 0 Å². The molecular formula is C9H8ClN3O2. The number of halogens is 1. The van der Waals surface area contributed by atoms with Gasteiger partial charge in [-0.3, -0.25) is 4.79 Å². The molecule has 15 heavy (non-hydrogen) atoms. The minimum Gasteiger partial charge on any atom is -0.481 e. The third kappa shape index (κ3) is 1.78. The maximum Gasteiger partial charge on any atom is 0.309 e. The highest BCUT2D eigenvalue weighted by Crippen LogP contribution is 2.20. The third-order valence-corrected chi connectivity index (χ3v) is 2.32. The number of aryl methyl sites for hydroxylation is 1. The van der Waals surface area contributed by atoms with Gasteiger partial charge in [-0.2, -0.15) is 5.10 Å². The van der Waals surface area contributed by atoms with Crippen molar-refractivity contribution < 1.29 is 9.90 Å². The number of aromatic nitrogens is 3. The Morgan fingerprint density at radius 3 is 3.07 bits per heavy atom. The Bertz CT molecular complexity index is 535. The van der Waals surface area contributed by atoms with E-state index in [2.05, 4.69) is 10.1 Å². The van der Waals surface area contributed by atoms with Crippen LogP contribution in [0.25, 0.3) is 5.65 Å². The summed E-state index contributed by atoms with van der Waals surface area (Å²) in [5, 5.41) is 13.0. The summed E-state index contributed by atoms with van der Waals surface area (Å²) in [5.41, 5.74) is 1.75. The summed E-state index contributed by atoms with van der Waals surface area (Å²) in [7, 11) is 0. The molecule has 0 aliphatic rings. The summed E-state index contributed by atoms with van der Waals surface area (Å²) < 4.78 is 1.50. The maximum atomic E-state index is 10.5. The van der Waals surface area contributed by atoms with Gasteiger partial charge in [0.05, 0.1) is 12.1 Å². The number of rotatable bonds is 2. The fourth-order valence-electron chi connectivity index (χ4n) is 1.30. The lowest BCUT2D eigenvalue weighted by Gasteiger charge is -1.92. The number of fused-ring (bicyclic) bond motifs is 1. The van der Waals surface area contributed by atoms with E-state index in [-0.39, 0.29) is 6.42 Å². The maximum absolute atomic E-state index is 10.5. The van der Waals surface area contributed by atoms with Crippen LogP contribution in [0.15, 0.2) is 12.4 Å². The molecule has 78 valence electrons. The van der Waals surface area contributed by atoms with E-state index in [1.807, 2.05) is 6.92 Å². The highest BCUT2D eigenvalue weighted by atomic mass is 35.5. The van der Waals surface area contributed by atoms with Crippen molar-refractivity contribution in [2.45, 2.75) is 13.3 Å². The van der Waals surface area contributed by atoms with Crippen molar-refractivity contribution in [2.24, 2.45) is 0 Å². The fraction of sp³-hybridized carbons (Fsp3) is 0.222. The van der Waals surface area contributed by atoms with Gasteiger partial charge in [0.25, 0.3) is 0 Å². The molecule has 0 atom stereocenters. The molecule has 2 heterocycles. The van der Waals surface area contributed by atoms with Crippen LogP contribution in [-0.2, 0) is 11.2 Å². The average molecular weight is 226 g/mol. The zero-order valence-corrected chi connectivity index (χ0v) is 8.69. The van der Waals surface area contributed by atoms with Gasteiger partial charge in [-0.25, -0.2) is 9.50 Å². The number of aliphatic carboxylic acids is 1. The Morgan fingerprint density at radius 1 is 1.67 bits per heavy atom. The van der Waals surface area contributed by atoms with Gasteiger partial charge in [-0.15, -0.1) is 0 Å².